The van der Waals surface area contributed by atoms with Gasteiger partial charge >= 0.3 is 11.7 Å². The predicted octanol–water partition coefficient (Wildman–Crippen LogP) is 2.17. The molecule has 0 saturated heterocycles. The van der Waals surface area contributed by atoms with Gasteiger partial charge in [-0.2, -0.15) is 4.39 Å². The van der Waals surface area contributed by atoms with E-state index < -0.39 is 46.5 Å². The van der Waals surface area contributed by atoms with Crippen LogP contribution < -0.4 is 0 Å². The molecule has 0 amide bonds. The number of halogens is 3. The number of pyridine rings is 1. The van der Waals surface area contributed by atoms with E-state index in [4.69, 9.17) is 0 Å². The molecule has 0 aromatic carbocycles. The second-order valence-electron chi connectivity index (χ2n) is 3.36. The Balaban J connectivity index is 3.22. The molecule has 1 aromatic heterocycles. The van der Waals surface area contributed by atoms with Crippen molar-refractivity contribution in [1.29, 1.82) is 0 Å². The number of hydrogen-bond donors (Lipinski definition) is 0. The minimum atomic E-state index is -3.23. The molecule has 0 atom stereocenters. The van der Waals surface area contributed by atoms with Gasteiger partial charge in [-0.15, -0.1) is 0 Å². The van der Waals surface area contributed by atoms with Crippen LogP contribution in [0.25, 0.3) is 0 Å². The first-order valence-corrected chi connectivity index (χ1v) is 5.13. The number of carbonyl (C=O) groups is 1. The molecule has 0 spiro atoms. The minimum Gasteiger partial charge on any atom is -0.466 e. The number of esters is 1. The molecular weight excluding hydrogens is 269 g/mol. The van der Waals surface area contributed by atoms with Gasteiger partial charge in [-0.1, -0.05) is 0 Å². The van der Waals surface area contributed by atoms with E-state index in [2.05, 4.69) is 9.72 Å². The van der Waals surface area contributed by atoms with Crippen molar-refractivity contribution < 1.29 is 27.6 Å². The molecule has 0 fully saturated rings. The lowest BCUT2D eigenvalue weighted by Gasteiger charge is -2.06. The van der Waals surface area contributed by atoms with Crippen LogP contribution in [0.3, 0.4) is 0 Å². The molecule has 0 aliphatic rings. The van der Waals surface area contributed by atoms with Crippen molar-refractivity contribution in [3.63, 3.8) is 0 Å². The van der Waals surface area contributed by atoms with Gasteiger partial charge in [0.05, 0.1) is 23.5 Å². The molecular formula is C10H9F3N2O4. The van der Waals surface area contributed by atoms with E-state index in [-0.39, 0.29) is 6.61 Å². The zero-order chi connectivity index (χ0) is 14.6. The highest BCUT2D eigenvalue weighted by Crippen LogP contribution is 2.29. The number of alkyl halides is 2. The van der Waals surface area contributed by atoms with Gasteiger partial charge in [0.2, 0.25) is 5.82 Å². The Bertz CT molecular complexity index is 508. The zero-order valence-corrected chi connectivity index (χ0v) is 9.73. The Hall–Kier alpha value is -2.19. The van der Waals surface area contributed by atoms with Crippen LogP contribution in [-0.4, -0.2) is 22.5 Å². The van der Waals surface area contributed by atoms with Crippen molar-refractivity contribution in [2.75, 3.05) is 6.61 Å². The summed E-state index contributed by atoms with van der Waals surface area (Å²) in [5.41, 5.74) is -2.96. The van der Waals surface area contributed by atoms with Crippen LogP contribution in [-0.2, 0) is 16.0 Å². The Labute approximate surface area is 105 Å². The summed E-state index contributed by atoms with van der Waals surface area (Å²) in [6.45, 7) is 1.55. The fraction of sp³-hybridized carbons (Fsp3) is 0.400. The summed E-state index contributed by atoms with van der Waals surface area (Å²) in [7, 11) is 0. The number of carbonyl (C=O) groups excluding carboxylic acids is 1. The van der Waals surface area contributed by atoms with E-state index in [9.17, 15) is 28.1 Å². The van der Waals surface area contributed by atoms with Gasteiger partial charge in [-0.25, -0.2) is 8.78 Å². The highest BCUT2D eigenvalue weighted by atomic mass is 19.3. The molecule has 6 nitrogen and oxygen atoms in total. The molecule has 0 saturated carbocycles. The summed E-state index contributed by atoms with van der Waals surface area (Å²) >= 11 is 0. The molecule has 0 aliphatic carbocycles. The summed E-state index contributed by atoms with van der Waals surface area (Å²) < 4.78 is 42.9. The van der Waals surface area contributed by atoms with Crippen LogP contribution in [0.2, 0.25) is 0 Å². The van der Waals surface area contributed by atoms with Crippen LogP contribution in [0, 0.1) is 15.9 Å². The Kier molecular flexibility index (Phi) is 4.79. The monoisotopic (exact) mass is 278 g/mol. The van der Waals surface area contributed by atoms with Gasteiger partial charge in [-0.3, -0.25) is 19.9 Å². The molecule has 0 bridgehead atoms. The molecule has 19 heavy (non-hydrogen) atoms. The summed E-state index contributed by atoms with van der Waals surface area (Å²) in [6.07, 6.45) is -3.42. The Morgan fingerprint density at radius 2 is 2.21 bits per heavy atom. The van der Waals surface area contributed by atoms with E-state index in [1.807, 2.05) is 0 Å². The average Bonchev–Trinajstić information content (AvgIpc) is 2.28. The smallest absolute Gasteiger partial charge is 0.327 e. The van der Waals surface area contributed by atoms with Gasteiger partial charge in [-0.05, 0) is 6.92 Å². The van der Waals surface area contributed by atoms with Crippen LogP contribution in [0.1, 0.15) is 24.6 Å². The first kappa shape index (κ1) is 14.9. The van der Waals surface area contributed by atoms with Gasteiger partial charge in [0, 0.05) is 6.20 Å². The van der Waals surface area contributed by atoms with E-state index >= 15 is 0 Å². The molecule has 0 aliphatic heterocycles. The van der Waals surface area contributed by atoms with E-state index in [0.29, 0.717) is 6.20 Å². The van der Waals surface area contributed by atoms with Crippen LogP contribution >= 0.6 is 0 Å². The predicted molar refractivity (Wildman–Crippen MR) is 56.1 cm³/mol. The summed E-state index contributed by atoms with van der Waals surface area (Å²) in [4.78, 5) is 24.0. The lowest BCUT2D eigenvalue weighted by atomic mass is 10.1. The van der Waals surface area contributed by atoms with Crippen LogP contribution in [0.15, 0.2) is 6.20 Å². The van der Waals surface area contributed by atoms with Gasteiger partial charge < -0.3 is 4.74 Å². The molecule has 0 N–H and O–H groups in total. The number of aromatic nitrogens is 1. The number of nitrogens with zero attached hydrogens (tertiary/aromatic N) is 2. The lowest BCUT2D eigenvalue weighted by Crippen LogP contribution is -2.12. The molecule has 9 heteroatoms. The van der Waals surface area contributed by atoms with Crippen molar-refractivity contribution in [1.82, 2.24) is 4.98 Å². The zero-order valence-electron chi connectivity index (χ0n) is 9.73. The highest BCUT2D eigenvalue weighted by Gasteiger charge is 2.29. The fourth-order valence-corrected chi connectivity index (χ4v) is 1.34. The van der Waals surface area contributed by atoms with Crippen molar-refractivity contribution in [3.8, 4) is 0 Å². The highest BCUT2D eigenvalue weighted by molar-refractivity contribution is 5.73. The first-order valence-electron chi connectivity index (χ1n) is 5.13. The third-order valence-electron chi connectivity index (χ3n) is 2.13. The maximum atomic E-state index is 13.6. The van der Waals surface area contributed by atoms with E-state index in [0.717, 1.165) is 0 Å². The maximum absolute atomic E-state index is 13.6. The summed E-state index contributed by atoms with van der Waals surface area (Å²) in [6, 6.07) is 0. The van der Waals surface area contributed by atoms with Gasteiger partial charge in [0.1, 0.15) is 5.69 Å². The fourth-order valence-electron chi connectivity index (χ4n) is 1.34. The summed E-state index contributed by atoms with van der Waals surface area (Å²) in [5, 5.41) is 10.7. The largest absolute Gasteiger partial charge is 0.466 e. The number of ether oxygens (including phenoxy) is 1. The van der Waals surface area contributed by atoms with E-state index in [1.165, 1.54) is 6.92 Å². The molecule has 0 unspecified atom stereocenters. The van der Waals surface area contributed by atoms with Gasteiger partial charge in [0.15, 0.2) is 0 Å². The Morgan fingerprint density at radius 3 is 2.68 bits per heavy atom. The molecule has 1 aromatic rings. The molecule has 1 rings (SSSR count). The van der Waals surface area contributed by atoms with Crippen LogP contribution in [0.5, 0.6) is 0 Å². The van der Waals surface area contributed by atoms with Gasteiger partial charge in [0.25, 0.3) is 6.43 Å². The number of hydrogen-bond acceptors (Lipinski definition) is 5. The average molecular weight is 278 g/mol. The van der Waals surface area contributed by atoms with Crippen molar-refractivity contribution in [2.45, 2.75) is 19.8 Å². The lowest BCUT2D eigenvalue weighted by molar-refractivity contribution is -0.388. The minimum absolute atomic E-state index is 0.0320. The third kappa shape index (κ3) is 3.39. The third-order valence-corrected chi connectivity index (χ3v) is 2.13. The quantitative estimate of drug-likeness (QED) is 0.468. The van der Waals surface area contributed by atoms with Crippen molar-refractivity contribution >= 4 is 11.7 Å². The van der Waals surface area contributed by atoms with Crippen LogP contribution in [0.4, 0.5) is 18.9 Å². The van der Waals surface area contributed by atoms with Crippen molar-refractivity contribution in [3.05, 3.63) is 33.4 Å². The first-order chi connectivity index (χ1) is 8.88. The second-order valence-corrected chi connectivity index (χ2v) is 3.36. The SMILES string of the molecule is CCOC(=O)Cc1ncc(C(F)F)c(F)c1[N+](=O)[O-]. The molecule has 1 heterocycles. The molecule has 104 valence electrons. The second kappa shape index (κ2) is 6.12. The Morgan fingerprint density at radius 1 is 1.58 bits per heavy atom. The standard InChI is InChI=1S/C10H9F3N2O4/c1-2-19-7(16)3-6-9(15(17)18)8(11)5(4-14-6)10(12)13/h4,10H,2-3H2,1H3. The van der Waals surface area contributed by atoms with E-state index in [1.54, 1.807) is 0 Å². The van der Waals surface area contributed by atoms with Crippen molar-refractivity contribution in [2.24, 2.45) is 0 Å². The summed E-state index contributed by atoms with van der Waals surface area (Å²) in [5.74, 6) is -2.54. The number of nitro groups is 1. The number of rotatable bonds is 5. The normalized spacial score (nSPS) is 10.6. The topological polar surface area (TPSA) is 82.3 Å². The maximum Gasteiger partial charge on any atom is 0.327 e. The molecule has 0 radical (unpaired) electrons.